The second-order valence-electron chi connectivity index (χ2n) is 2.54. The molecule has 0 N–H and O–H groups in total. The van der Waals surface area contributed by atoms with Gasteiger partial charge in [0.1, 0.15) is 5.75 Å². The van der Waals surface area contributed by atoms with Gasteiger partial charge in [0, 0.05) is 0 Å². The summed E-state index contributed by atoms with van der Waals surface area (Å²) in [6, 6.07) is 4.47. The molecular formula is C9H7BF3O2. The van der Waals surface area contributed by atoms with E-state index in [1.807, 2.05) is 0 Å². The van der Waals surface area contributed by atoms with Crippen LogP contribution in [0.4, 0.5) is 13.2 Å². The Labute approximate surface area is 85.6 Å². The minimum Gasteiger partial charge on any atom is -0.533 e. The highest BCUT2D eigenvalue weighted by molar-refractivity contribution is 6.19. The molecule has 0 aliphatic heterocycles. The van der Waals surface area contributed by atoms with Crippen LogP contribution in [0.25, 0.3) is 0 Å². The molecular weight excluding hydrogens is 208 g/mol. The molecule has 0 spiro atoms. The smallest absolute Gasteiger partial charge is 0.533 e. The number of rotatable bonds is 4. The van der Waals surface area contributed by atoms with E-state index in [-0.39, 0.29) is 5.75 Å². The highest BCUT2D eigenvalue weighted by Crippen LogP contribution is 2.31. The first-order valence-corrected chi connectivity index (χ1v) is 3.96. The van der Waals surface area contributed by atoms with Gasteiger partial charge in [-0.3, -0.25) is 0 Å². The summed E-state index contributed by atoms with van der Waals surface area (Å²) in [7, 11) is 0.891. The molecule has 1 aromatic carbocycles. The van der Waals surface area contributed by atoms with Gasteiger partial charge in [-0.05, 0) is 18.2 Å². The monoisotopic (exact) mass is 215 g/mol. The first kappa shape index (κ1) is 11.5. The maximum atomic E-state index is 12.2. The summed E-state index contributed by atoms with van der Waals surface area (Å²) >= 11 is 0. The fraction of sp³-hybridized carbons (Fsp3) is 0.111. The standard InChI is InChI=1S/C9H7BF3O2/c1-2-14-10-15-8-5-3-4-7(6-8)9(11,12)13/h2-6H,1H2. The molecule has 79 valence electrons. The van der Waals surface area contributed by atoms with Gasteiger partial charge < -0.3 is 9.31 Å². The second-order valence-corrected chi connectivity index (χ2v) is 2.54. The van der Waals surface area contributed by atoms with Crippen molar-refractivity contribution in [3.05, 3.63) is 42.7 Å². The predicted molar refractivity (Wildman–Crippen MR) is 49.1 cm³/mol. The van der Waals surface area contributed by atoms with Gasteiger partial charge in [0.15, 0.2) is 0 Å². The summed E-state index contributed by atoms with van der Waals surface area (Å²) in [5.41, 5.74) is -0.771. The molecule has 0 saturated heterocycles. The molecule has 0 unspecified atom stereocenters. The van der Waals surface area contributed by atoms with Crippen molar-refractivity contribution in [3.63, 3.8) is 0 Å². The maximum absolute atomic E-state index is 12.2. The topological polar surface area (TPSA) is 18.5 Å². The molecule has 1 rings (SSSR count). The highest BCUT2D eigenvalue weighted by atomic mass is 19.4. The van der Waals surface area contributed by atoms with Crippen LogP contribution in [0.2, 0.25) is 0 Å². The molecule has 0 saturated carbocycles. The molecule has 0 fully saturated rings. The van der Waals surface area contributed by atoms with Crippen molar-refractivity contribution in [3.8, 4) is 5.75 Å². The van der Waals surface area contributed by atoms with Gasteiger partial charge in [0.05, 0.1) is 11.8 Å². The molecule has 0 aliphatic carbocycles. The zero-order valence-electron chi connectivity index (χ0n) is 7.62. The van der Waals surface area contributed by atoms with E-state index >= 15 is 0 Å². The number of halogens is 3. The minimum absolute atomic E-state index is 0.0478. The largest absolute Gasteiger partial charge is 0.657 e. The number of alkyl halides is 3. The van der Waals surface area contributed by atoms with Crippen LogP contribution in [0.15, 0.2) is 37.1 Å². The lowest BCUT2D eigenvalue weighted by Crippen LogP contribution is -2.07. The van der Waals surface area contributed by atoms with E-state index in [4.69, 9.17) is 4.65 Å². The van der Waals surface area contributed by atoms with Crippen molar-refractivity contribution in [2.45, 2.75) is 6.18 Å². The van der Waals surface area contributed by atoms with Crippen LogP contribution in [0.1, 0.15) is 5.56 Å². The summed E-state index contributed by atoms with van der Waals surface area (Å²) in [6.07, 6.45) is -3.29. The molecule has 2 nitrogen and oxygen atoms in total. The SMILES string of the molecule is C=CO[B]Oc1cccc(C(F)(F)F)c1. The Bertz CT molecular complexity index is 338. The van der Waals surface area contributed by atoms with E-state index in [1.165, 1.54) is 12.1 Å². The number of hydrogen-bond donors (Lipinski definition) is 0. The van der Waals surface area contributed by atoms with Crippen molar-refractivity contribution in [1.82, 2.24) is 0 Å². The summed E-state index contributed by atoms with van der Waals surface area (Å²) in [5, 5.41) is 0. The normalized spacial score (nSPS) is 10.6. The fourth-order valence-corrected chi connectivity index (χ4v) is 0.868. The maximum Gasteiger partial charge on any atom is 0.657 e. The molecule has 15 heavy (non-hydrogen) atoms. The summed E-state index contributed by atoms with van der Waals surface area (Å²) < 4.78 is 46.0. The predicted octanol–water partition coefficient (Wildman–Crippen LogP) is 2.78. The van der Waals surface area contributed by atoms with E-state index in [2.05, 4.69) is 11.2 Å². The van der Waals surface area contributed by atoms with Gasteiger partial charge in [-0.15, -0.1) is 0 Å². The third kappa shape index (κ3) is 3.57. The van der Waals surface area contributed by atoms with Gasteiger partial charge in [-0.1, -0.05) is 12.6 Å². The zero-order chi connectivity index (χ0) is 11.3. The summed E-state index contributed by atoms with van der Waals surface area (Å²) in [4.78, 5) is 0. The Balaban J connectivity index is 2.70. The minimum atomic E-state index is -4.38. The molecule has 0 aliphatic rings. The fourth-order valence-electron chi connectivity index (χ4n) is 0.868. The van der Waals surface area contributed by atoms with Crippen LogP contribution in [0.5, 0.6) is 5.75 Å². The zero-order valence-corrected chi connectivity index (χ0v) is 7.62. The first-order valence-electron chi connectivity index (χ1n) is 3.96. The molecule has 6 heteroatoms. The van der Waals surface area contributed by atoms with Crippen molar-refractivity contribution >= 4 is 7.69 Å². The van der Waals surface area contributed by atoms with Crippen LogP contribution in [-0.2, 0) is 10.8 Å². The van der Waals surface area contributed by atoms with E-state index in [0.717, 1.165) is 26.1 Å². The Kier molecular flexibility index (Phi) is 3.65. The van der Waals surface area contributed by atoms with Crippen LogP contribution in [0, 0.1) is 0 Å². The molecule has 0 atom stereocenters. The molecule has 0 aromatic heterocycles. The van der Waals surface area contributed by atoms with Crippen LogP contribution in [-0.4, -0.2) is 7.69 Å². The second kappa shape index (κ2) is 4.77. The van der Waals surface area contributed by atoms with E-state index in [9.17, 15) is 13.2 Å². The van der Waals surface area contributed by atoms with Crippen molar-refractivity contribution in [2.75, 3.05) is 0 Å². The van der Waals surface area contributed by atoms with Gasteiger partial charge >= 0.3 is 13.9 Å². The average Bonchev–Trinajstić information content (AvgIpc) is 2.17. The lowest BCUT2D eigenvalue weighted by Gasteiger charge is -2.08. The Morgan fingerprint density at radius 2 is 2.07 bits per heavy atom. The average molecular weight is 215 g/mol. The van der Waals surface area contributed by atoms with Crippen molar-refractivity contribution in [2.24, 2.45) is 0 Å². The van der Waals surface area contributed by atoms with Gasteiger partial charge in [0.25, 0.3) is 0 Å². The lowest BCUT2D eigenvalue weighted by atomic mass is 10.2. The number of benzene rings is 1. The Morgan fingerprint density at radius 3 is 2.67 bits per heavy atom. The molecule has 1 radical (unpaired) electrons. The van der Waals surface area contributed by atoms with E-state index in [0.29, 0.717) is 0 Å². The van der Waals surface area contributed by atoms with Crippen LogP contribution < -0.4 is 4.65 Å². The number of hydrogen-bond acceptors (Lipinski definition) is 2. The molecule has 0 heterocycles. The van der Waals surface area contributed by atoms with E-state index < -0.39 is 11.7 Å². The molecule has 1 aromatic rings. The lowest BCUT2D eigenvalue weighted by molar-refractivity contribution is -0.137. The Morgan fingerprint density at radius 1 is 1.33 bits per heavy atom. The quantitative estimate of drug-likeness (QED) is 0.436. The highest BCUT2D eigenvalue weighted by Gasteiger charge is 2.30. The summed E-state index contributed by atoms with van der Waals surface area (Å²) in [5.74, 6) is 0.0478. The van der Waals surface area contributed by atoms with Gasteiger partial charge in [-0.25, -0.2) is 0 Å². The molecule has 0 bridgehead atoms. The third-order valence-electron chi connectivity index (χ3n) is 1.50. The van der Waals surface area contributed by atoms with Gasteiger partial charge in [-0.2, -0.15) is 13.2 Å². The van der Waals surface area contributed by atoms with Crippen LogP contribution >= 0.6 is 0 Å². The third-order valence-corrected chi connectivity index (χ3v) is 1.50. The first-order chi connectivity index (χ1) is 7.04. The van der Waals surface area contributed by atoms with Crippen molar-refractivity contribution in [1.29, 1.82) is 0 Å². The van der Waals surface area contributed by atoms with Gasteiger partial charge in [0.2, 0.25) is 0 Å². The molecule has 0 amide bonds. The van der Waals surface area contributed by atoms with Crippen LogP contribution in [0.3, 0.4) is 0 Å². The van der Waals surface area contributed by atoms with Crippen molar-refractivity contribution < 1.29 is 22.5 Å². The van der Waals surface area contributed by atoms with E-state index in [1.54, 1.807) is 0 Å². The Hall–Kier alpha value is -1.59. The summed E-state index contributed by atoms with van der Waals surface area (Å²) in [6.45, 7) is 3.24.